The molecule has 7 heteroatoms. The molecule has 6 nitrogen and oxygen atoms in total. The molecule has 3 rings (SSSR count). The summed E-state index contributed by atoms with van der Waals surface area (Å²) in [5.74, 6) is -2.26. The summed E-state index contributed by atoms with van der Waals surface area (Å²) < 4.78 is 5.21. The highest BCUT2D eigenvalue weighted by atomic mass is 32.1. The van der Waals surface area contributed by atoms with Crippen molar-refractivity contribution in [3.05, 3.63) is 21.9 Å². The highest BCUT2D eigenvalue weighted by Gasteiger charge is 2.67. The van der Waals surface area contributed by atoms with Crippen molar-refractivity contribution in [1.29, 1.82) is 0 Å². The Morgan fingerprint density at radius 2 is 2.08 bits per heavy atom. The minimum absolute atomic E-state index is 0.203. The normalized spacial score (nSPS) is 32.3. The van der Waals surface area contributed by atoms with E-state index >= 15 is 0 Å². The first-order valence-electron chi connectivity index (χ1n) is 8.20. The fraction of sp³-hybridized carbons (Fsp3) is 0.588. The van der Waals surface area contributed by atoms with E-state index in [-0.39, 0.29) is 24.5 Å². The van der Waals surface area contributed by atoms with Gasteiger partial charge < -0.3 is 4.74 Å². The summed E-state index contributed by atoms with van der Waals surface area (Å²) in [6.07, 6.45) is 0. The molecule has 2 amide bonds. The Kier molecular flexibility index (Phi) is 4.25. The number of aryl methyl sites for hydroxylation is 1. The Bertz CT molecular complexity index is 701. The van der Waals surface area contributed by atoms with Crippen molar-refractivity contribution < 1.29 is 19.1 Å². The number of fused-ring (bicyclic) bond motifs is 1. The molecule has 2 aliphatic rings. The molecule has 4 atom stereocenters. The summed E-state index contributed by atoms with van der Waals surface area (Å²) in [5, 5.41) is 5.23. The second-order valence-electron chi connectivity index (χ2n) is 6.44. The SMILES string of the molecule is CCOC(=O)[C@]1(C)N[C@@H](c2sccc2C)[C@@H]2C(=O)N(CC)C(=O)[C@H]21. The van der Waals surface area contributed by atoms with Gasteiger partial charge in [0.2, 0.25) is 11.8 Å². The number of carbonyl (C=O) groups is 3. The number of carbonyl (C=O) groups excluding carboxylic acids is 3. The first kappa shape index (κ1) is 17.1. The average Bonchev–Trinajstić information content (AvgIpc) is 3.16. The Balaban J connectivity index is 2.09. The molecule has 2 saturated heterocycles. The molecule has 0 unspecified atom stereocenters. The first-order valence-corrected chi connectivity index (χ1v) is 9.08. The number of esters is 1. The van der Waals surface area contributed by atoms with Gasteiger partial charge in [0, 0.05) is 11.4 Å². The van der Waals surface area contributed by atoms with E-state index in [1.807, 2.05) is 18.4 Å². The van der Waals surface area contributed by atoms with E-state index in [1.165, 1.54) is 16.2 Å². The van der Waals surface area contributed by atoms with Gasteiger partial charge in [-0.3, -0.25) is 24.6 Å². The molecule has 0 aromatic carbocycles. The summed E-state index contributed by atoms with van der Waals surface area (Å²) >= 11 is 1.54. The maximum Gasteiger partial charge on any atom is 0.326 e. The van der Waals surface area contributed by atoms with Gasteiger partial charge in [0.15, 0.2) is 0 Å². The third-order valence-corrected chi connectivity index (χ3v) is 6.18. The molecule has 2 fully saturated rings. The summed E-state index contributed by atoms with van der Waals surface area (Å²) in [5.41, 5.74) is -0.141. The maximum absolute atomic E-state index is 12.8. The van der Waals surface area contributed by atoms with Gasteiger partial charge in [0.1, 0.15) is 5.54 Å². The van der Waals surface area contributed by atoms with Crippen molar-refractivity contribution in [2.24, 2.45) is 11.8 Å². The van der Waals surface area contributed by atoms with Crippen LogP contribution in [0.25, 0.3) is 0 Å². The van der Waals surface area contributed by atoms with Gasteiger partial charge in [-0.1, -0.05) is 0 Å². The number of hydrogen-bond donors (Lipinski definition) is 1. The maximum atomic E-state index is 12.8. The fourth-order valence-electron chi connectivity index (χ4n) is 3.91. The zero-order chi connectivity index (χ0) is 17.6. The number of nitrogens with one attached hydrogen (secondary N) is 1. The monoisotopic (exact) mass is 350 g/mol. The van der Waals surface area contributed by atoms with E-state index in [2.05, 4.69) is 5.32 Å². The van der Waals surface area contributed by atoms with Crippen LogP contribution in [-0.2, 0) is 19.1 Å². The molecule has 3 heterocycles. The molecule has 24 heavy (non-hydrogen) atoms. The van der Waals surface area contributed by atoms with Crippen molar-refractivity contribution in [1.82, 2.24) is 10.2 Å². The van der Waals surface area contributed by atoms with Crippen LogP contribution in [0.4, 0.5) is 0 Å². The molecule has 1 aromatic rings. The standard InChI is InChI=1S/C17H22N2O4S/c1-5-19-14(20)10-11(15(19)21)17(4,16(22)23-6-2)18-12(10)13-9(3)7-8-24-13/h7-8,10-12,18H,5-6H2,1-4H3/t10-,11+,12-,17-/m1/s1. The van der Waals surface area contributed by atoms with E-state index in [1.54, 1.807) is 20.8 Å². The quantitative estimate of drug-likeness (QED) is 0.660. The number of nitrogens with zero attached hydrogens (tertiary/aromatic N) is 1. The highest BCUT2D eigenvalue weighted by molar-refractivity contribution is 7.10. The Labute approximate surface area is 145 Å². The van der Waals surface area contributed by atoms with Crippen LogP contribution in [0.3, 0.4) is 0 Å². The van der Waals surface area contributed by atoms with E-state index in [4.69, 9.17) is 4.74 Å². The third-order valence-electron chi connectivity index (χ3n) is 5.08. The predicted molar refractivity (Wildman–Crippen MR) is 89.3 cm³/mol. The highest BCUT2D eigenvalue weighted by Crippen LogP contribution is 2.50. The lowest BCUT2D eigenvalue weighted by Crippen LogP contribution is -2.54. The van der Waals surface area contributed by atoms with E-state index < -0.39 is 23.3 Å². The molecule has 0 saturated carbocycles. The van der Waals surface area contributed by atoms with E-state index in [0.29, 0.717) is 6.54 Å². The van der Waals surface area contributed by atoms with Gasteiger partial charge in [0.05, 0.1) is 24.5 Å². The second kappa shape index (κ2) is 5.97. The second-order valence-corrected chi connectivity index (χ2v) is 7.38. The number of hydrogen-bond acceptors (Lipinski definition) is 6. The van der Waals surface area contributed by atoms with Crippen molar-refractivity contribution in [2.75, 3.05) is 13.2 Å². The molecule has 2 aliphatic heterocycles. The molecule has 130 valence electrons. The zero-order valence-electron chi connectivity index (χ0n) is 14.3. The van der Waals surface area contributed by atoms with Crippen LogP contribution < -0.4 is 5.32 Å². The van der Waals surface area contributed by atoms with Crippen LogP contribution in [0.1, 0.15) is 37.3 Å². The lowest BCUT2D eigenvalue weighted by molar-refractivity contribution is -0.155. The molecule has 1 N–H and O–H groups in total. The molecule has 0 aliphatic carbocycles. The van der Waals surface area contributed by atoms with E-state index in [0.717, 1.165) is 10.4 Å². The number of thiophene rings is 1. The van der Waals surface area contributed by atoms with Crippen LogP contribution in [0.5, 0.6) is 0 Å². The van der Waals surface area contributed by atoms with Crippen LogP contribution in [0.15, 0.2) is 11.4 Å². The average molecular weight is 350 g/mol. The molecule has 0 spiro atoms. The van der Waals surface area contributed by atoms with Gasteiger partial charge in [0.25, 0.3) is 0 Å². The molecule has 1 aromatic heterocycles. The predicted octanol–water partition coefficient (Wildman–Crippen LogP) is 1.64. The fourth-order valence-corrected chi connectivity index (χ4v) is 4.93. The lowest BCUT2D eigenvalue weighted by atomic mass is 9.81. The first-order chi connectivity index (χ1) is 11.4. The number of rotatable bonds is 4. The smallest absolute Gasteiger partial charge is 0.326 e. The van der Waals surface area contributed by atoms with Crippen molar-refractivity contribution in [3.8, 4) is 0 Å². The number of imide groups is 1. The topological polar surface area (TPSA) is 75.7 Å². The number of likely N-dealkylation sites (tertiary alicyclic amines) is 1. The van der Waals surface area contributed by atoms with Crippen molar-refractivity contribution >= 4 is 29.1 Å². The number of amides is 2. The Hall–Kier alpha value is -1.73. The summed E-state index contributed by atoms with van der Waals surface area (Å²) in [6.45, 7) is 7.71. The summed E-state index contributed by atoms with van der Waals surface area (Å²) in [7, 11) is 0. The van der Waals surface area contributed by atoms with Gasteiger partial charge >= 0.3 is 5.97 Å². The number of ether oxygens (including phenoxy) is 1. The summed E-state index contributed by atoms with van der Waals surface area (Å²) in [6, 6.07) is 1.63. The largest absolute Gasteiger partial charge is 0.465 e. The third kappa shape index (κ3) is 2.22. The van der Waals surface area contributed by atoms with Gasteiger partial charge in [-0.25, -0.2) is 0 Å². The van der Waals surface area contributed by atoms with Crippen LogP contribution in [0.2, 0.25) is 0 Å². The Morgan fingerprint density at radius 1 is 1.38 bits per heavy atom. The van der Waals surface area contributed by atoms with Crippen molar-refractivity contribution in [2.45, 2.75) is 39.3 Å². The van der Waals surface area contributed by atoms with E-state index in [9.17, 15) is 14.4 Å². The molecule has 0 radical (unpaired) electrons. The Morgan fingerprint density at radius 3 is 2.62 bits per heavy atom. The zero-order valence-corrected chi connectivity index (χ0v) is 15.1. The van der Waals surface area contributed by atoms with Gasteiger partial charge in [-0.05, 0) is 44.7 Å². The van der Waals surface area contributed by atoms with Crippen LogP contribution in [0, 0.1) is 18.8 Å². The molecular weight excluding hydrogens is 328 g/mol. The summed E-state index contributed by atoms with van der Waals surface area (Å²) in [4.78, 5) is 40.5. The minimum Gasteiger partial charge on any atom is -0.465 e. The van der Waals surface area contributed by atoms with Gasteiger partial charge in [-0.2, -0.15) is 0 Å². The van der Waals surface area contributed by atoms with Crippen LogP contribution in [-0.4, -0.2) is 41.4 Å². The van der Waals surface area contributed by atoms with Crippen molar-refractivity contribution in [3.63, 3.8) is 0 Å². The lowest BCUT2D eigenvalue weighted by Gasteiger charge is -2.28. The van der Waals surface area contributed by atoms with Crippen LogP contribution >= 0.6 is 11.3 Å². The molecule has 0 bridgehead atoms. The minimum atomic E-state index is -1.20. The van der Waals surface area contributed by atoms with Gasteiger partial charge in [-0.15, -0.1) is 11.3 Å². The molecular formula is C17H22N2O4S.